The predicted molar refractivity (Wildman–Crippen MR) is 132 cm³/mol. The van der Waals surface area contributed by atoms with Gasteiger partial charge < -0.3 is 15.5 Å². The number of hydrogen-bond donors (Lipinski definition) is 1. The number of piperidine rings is 1. The van der Waals surface area contributed by atoms with Gasteiger partial charge in [-0.2, -0.15) is 4.98 Å². The van der Waals surface area contributed by atoms with Crippen LogP contribution in [-0.4, -0.2) is 68.1 Å². The van der Waals surface area contributed by atoms with Gasteiger partial charge in [0.05, 0.1) is 11.5 Å². The summed E-state index contributed by atoms with van der Waals surface area (Å²) in [7, 11) is 6.33. The highest BCUT2D eigenvalue weighted by atomic mass is 16.6. The van der Waals surface area contributed by atoms with Gasteiger partial charge >= 0.3 is 5.69 Å². The van der Waals surface area contributed by atoms with E-state index in [1.807, 2.05) is 4.90 Å². The van der Waals surface area contributed by atoms with Gasteiger partial charge in [-0.05, 0) is 12.8 Å². The van der Waals surface area contributed by atoms with E-state index in [4.69, 9.17) is 5.73 Å². The average Bonchev–Trinajstić information content (AvgIpc) is 3.21. The number of carbonyl (C=O) groups excluding carboxylic acids is 1. The molecule has 1 aromatic carbocycles. The van der Waals surface area contributed by atoms with Crippen molar-refractivity contribution >= 4 is 29.2 Å². The van der Waals surface area contributed by atoms with Gasteiger partial charge in [0, 0.05) is 59.0 Å². The van der Waals surface area contributed by atoms with Gasteiger partial charge in [-0.25, -0.2) is 4.79 Å². The summed E-state index contributed by atoms with van der Waals surface area (Å²) in [5, 5.41) is 11.5. The maximum absolute atomic E-state index is 13.0. The average molecular weight is 487 g/mol. The van der Waals surface area contributed by atoms with E-state index in [-0.39, 0.29) is 29.4 Å². The minimum Gasteiger partial charge on any atom is -0.351 e. The molecule has 2 aromatic heterocycles. The van der Waals surface area contributed by atoms with E-state index >= 15 is 0 Å². The number of nitro benzene ring substituents is 1. The van der Waals surface area contributed by atoms with E-state index in [0.717, 1.165) is 23.8 Å². The number of nitrogens with two attached hydrogens (primary N) is 1. The van der Waals surface area contributed by atoms with Crippen molar-refractivity contribution in [2.45, 2.75) is 25.4 Å². The number of fused-ring (bicyclic) bond motifs is 1. The fourth-order valence-corrected chi connectivity index (χ4v) is 4.01. The molecule has 3 heterocycles. The van der Waals surface area contributed by atoms with Crippen LogP contribution in [0.2, 0.25) is 0 Å². The van der Waals surface area contributed by atoms with Crippen LogP contribution in [-0.2, 0) is 25.4 Å². The molecule has 188 valence electrons. The summed E-state index contributed by atoms with van der Waals surface area (Å²) in [6.07, 6.45) is 2.51. The van der Waals surface area contributed by atoms with E-state index in [1.54, 1.807) is 43.9 Å². The molecule has 1 amide bonds. The quantitative estimate of drug-likeness (QED) is 0.301. The number of imidazole rings is 1. The number of carbonyl (C=O) groups is 1. The normalized spacial score (nSPS) is 15.5. The van der Waals surface area contributed by atoms with E-state index in [2.05, 4.69) is 4.98 Å². The zero-order valence-electron chi connectivity index (χ0n) is 20.2. The fourth-order valence-electron chi connectivity index (χ4n) is 4.01. The first-order chi connectivity index (χ1) is 16.6. The molecule has 1 saturated heterocycles. The molecule has 1 fully saturated rings. The Morgan fingerprint density at radius 1 is 1.23 bits per heavy atom. The Labute approximate surface area is 201 Å². The minimum absolute atomic E-state index is 0.0373. The highest BCUT2D eigenvalue weighted by Gasteiger charge is 2.27. The molecule has 0 aliphatic carbocycles. The van der Waals surface area contributed by atoms with Crippen LogP contribution in [0.3, 0.4) is 0 Å². The molecule has 1 aliphatic rings. The van der Waals surface area contributed by atoms with Crippen molar-refractivity contribution < 1.29 is 9.72 Å². The van der Waals surface area contributed by atoms with Crippen LogP contribution >= 0.6 is 0 Å². The fraction of sp³-hybridized carbons (Fsp3) is 0.455. The Morgan fingerprint density at radius 3 is 2.49 bits per heavy atom. The largest absolute Gasteiger partial charge is 0.351 e. The highest BCUT2D eigenvalue weighted by Crippen LogP contribution is 2.26. The van der Waals surface area contributed by atoms with Crippen LogP contribution < -0.4 is 21.9 Å². The van der Waals surface area contributed by atoms with Crippen LogP contribution in [0.1, 0.15) is 18.4 Å². The van der Waals surface area contributed by atoms with Gasteiger partial charge in [-0.15, -0.1) is 0 Å². The van der Waals surface area contributed by atoms with E-state index in [0.29, 0.717) is 24.6 Å². The second kappa shape index (κ2) is 10.5. The van der Waals surface area contributed by atoms with Gasteiger partial charge in [0.1, 0.15) is 0 Å². The highest BCUT2D eigenvalue weighted by molar-refractivity contribution is 5.75. The maximum Gasteiger partial charge on any atom is 0.332 e. The number of amides is 1. The van der Waals surface area contributed by atoms with Gasteiger partial charge in [0.15, 0.2) is 11.2 Å². The van der Waals surface area contributed by atoms with E-state index < -0.39 is 16.2 Å². The van der Waals surface area contributed by atoms with Crippen LogP contribution in [0.4, 0.5) is 11.6 Å². The third kappa shape index (κ3) is 5.24. The standard InChI is InChI=1S/C19H23N7O4.C3H7NO/c1-22-16-15(17(27)23(2)19(22)28)25(10-12-6-3-4-8-14(12)26(29)30)18(21-16)24-9-5-7-13(20)11-24;1-4(2)3-5/h3-4,6,8,13H,5,7,9-11,20H2,1-2H3;3H,1-2H3. The molecule has 13 nitrogen and oxygen atoms in total. The molecule has 1 aliphatic heterocycles. The third-order valence-electron chi connectivity index (χ3n) is 5.80. The number of para-hydroxylation sites is 1. The summed E-state index contributed by atoms with van der Waals surface area (Å²) < 4.78 is 4.00. The van der Waals surface area contributed by atoms with Crippen LogP contribution in [0.15, 0.2) is 33.9 Å². The number of rotatable bonds is 5. The second-order valence-electron chi connectivity index (χ2n) is 8.68. The summed E-state index contributed by atoms with van der Waals surface area (Å²) in [4.78, 5) is 53.9. The first-order valence-electron chi connectivity index (χ1n) is 11.1. The van der Waals surface area contributed by atoms with Crippen molar-refractivity contribution in [1.29, 1.82) is 0 Å². The van der Waals surface area contributed by atoms with Crippen molar-refractivity contribution in [2.24, 2.45) is 19.8 Å². The first-order valence-corrected chi connectivity index (χ1v) is 11.1. The summed E-state index contributed by atoms with van der Waals surface area (Å²) in [6.45, 7) is 1.32. The van der Waals surface area contributed by atoms with Crippen LogP contribution in [0, 0.1) is 10.1 Å². The summed E-state index contributed by atoms with van der Waals surface area (Å²) >= 11 is 0. The number of nitro groups is 1. The Balaban J connectivity index is 0.000000623. The van der Waals surface area contributed by atoms with Crippen LogP contribution in [0.25, 0.3) is 11.2 Å². The topological polar surface area (TPSA) is 155 Å². The van der Waals surface area contributed by atoms with Crippen molar-refractivity contribution in [3.05, 3.63) is 60.8 Å². The third-order valence-corrected chi connectivity index (χ3v) is 5.80. The molecular formula is C22H30N8O5. The van der Waals surface area contributed by atoms with Crippen molar-refractivity contribution in [3.63, 3.8) is 0 Å². The molecule has 1 atom stereocenters. The smallest absolute Gasteiger partial charge is 0.332 e. The Hall–Kier alpha value is -4.00. The van der Waals surface area contributed by atoms with Gasteiger partial charge in [-0.1, -0.05) is 18.2 Å². The molecule has 13 heteroatoms. The predicted octanol–water partition coefficient (Wildman–Crippen LogP) is 0.0221. The molecule has 4 rings (SSSR count). The summed E-state index contributed by atoms with van der Waals surface area (Å²) in [5.74, 6) is 0.483. The number of benzene rings is 1. The van der Waals surface area contributed by atoms with E-state index in [9.17, 15) is 24.5 Å². The SMILES string of the molecule is CN(C)C=O.Cn1c(=O)c2c(nc(N3CCCC(N)C3)n2Cc2ccccc2[N+](=O)[O-])n(C)c1=O. The molecule has 0 saturated carbocycles. The molecule has 0 bridgehead atoms. The zero-order valence-corrected chi connectivity index (χ0v) is 20.2. The minimum atomic E-state index is -0.494. The van der Waals surface area contributed by atoms with Gasteiger partial charge in [0.25, 0.3) is 11.2 Å². The van der Waals surface area contributed by atoms with Crippen molar-refractivity contribution in [2.75, 3.05) is 32.1 Å². The molecule has 2 N–H and O–H groups in total. The Bertz CT molecular complexity index is 1360. The van der Waals surface area contributed by atoms with Gasteiger partial charge in [-0.3, -0.25) is 33.4 Å². The lowest BCUT2D eigenvalue weighted by Crippen LogP contribution is -2.44. The second-order valence-corrected chi connectivity index (χ2v) is 8.68. The number of aromatic nitrogens is 4. The van der Waals surface area contributed by atoms with Crippen molar-refractivity contribution in [1.82, 2.24) is 23.6 Å². The number of anilines is 1. The van der Waals surface area contributed by atoms with Crippen molar-refractivity contribution in [3.8, 4) is 0 Å². The van der Waals surface area contributed by atoms with Crippen LogP contribution in [0.5, 0.6) is 0 Å². The first kappa shape index (κ1) is 25.6. The number of nitrogens with zero attached hydrogens (tertiary/aromatic N) is 7. The Kier molecular flexibility index (Phi) is 7.69. The summed E-state index contributed by atoms with van der Waals surface area (Å²) in [6, 6.07) is 6.36. The zero-order chi connectivity index (χ0) is 25.9. The van der Waals surface area contributed by atoms with Gasteiger partial charge in [0.2, 0.25) is 12.4 Å². The lowest BCUT2D eigenvalue weighted by Gasteiger charge is -2.31. The van der Waals surface area contributed by atoms with E-state index in [1.165, 1.54) is 22.6 Å². The Morgan fingerprint density at radius 2 is 1.89 bits per heavy atom. The molecule has 3 aromatic rings. The molecule has 1 unspecified atom stereocenters. The monoisotopic (exact) mass is 486 g/mol. The lowest BCUT2D eigenvalue weighted by atomic mass is 10.1. The number of hydrogen-bond acceptors (Lipinski definition) is 8. The molecular weight excluding hydrogens is 456 g/mol. The number of aryl methyl sites for hydroxylation is 1. The maximum atomic E-state index is 13.0. The molecule has 35 heavy (non-hydrogen) atoms. The molecule has 0 radical (unpaired) electrons. The lowest BCUT2D eigenvalue weighted by molar-refractivity contribution is -0.385. The molecule has 0 spiro atoms. The summed E-state index contributed by atoms with van der Waals surface area (Å²) in [5.41, 5.74) is 6.05.